The lowest BCUT2D eigenvalue weighted by molar-refractivity contribution is 0.770. The summed E-state index contributed by atoms with van der Waals surface area (Å²) in [7, 11) is 1.67. The molecule has 0 fully saturated rings. The van der Waals surface area contributed by atoms with Crippen LogP contribution in [0.15, 0.2) is 23.1 Å². The largest absolute Gasteiger partial charge is 0.370 e. The van der Waals surface area contributed by atoms with Crippen LogP contribution in [-0.4, -0.2) is 26.3 Å². The molecule has 7 heteroatoms. The Labute approximate surface area is 103 Å². The van der Waals surface area contributed by atoms with Crippen molar-refractivity contribution in [1.29, 1.82) is 5.26 Å². The zero-order chi connectivity index (χ0) is 13.0. The topological polar surface area (TPSA) is 99.4 Å². The molecular formula is C11H12N6O. The Morgan fingerprint density at radius 2 is 2.39 bits per heavy atom. The molecule has 7 nitrogen and oxygen atoms in total. The van der Waals surface area contributed by atoms with E-state index in [9.17, 15) is 4.79 Å². The van der Waals surface area contributed by atoms with E-state index in [1.54, 1.807) is 19.2 Å². The highest BCUT2D eigenvalue weighted by Crippen LogP contribution is 2.03. The van der Waals surface area contributed by atoms with Gasteiger partial charge in [-0.1, -0.05) is 0 Å². The maximum absolute atomic E-state index is 11.1. The molecule has 0 aromatic carbocycles. The molecule has 2 aromatic rings. The number of nitriles is 1. The van der Waals surface area contributed by atoms with E-state index in [0.717, 1.165) is 0 Å². The van der Waals surface area contributed by atoms with E-state index in [1.807, 2.05) is 6.07 Å². The molecule has 0 aliphatic heterocycles. The van der Waals surface area contributed by atoms with Gasteiger partial charge in [0, 0.05) is 26.2 Å². The minimum Gasteiger partial charge on any atom is -0.370 e. The van der Waals surface area contributed by atoms with Crippen LogP contribution in [0.1, 0.15) is 11.4 Å². The van der Waals surface area contributed by atoms with E-state index in [0.29, 0.717) is 30.2 Å². The van der Waals surface area contributed by atoms with Crippen LogP contribution < -0.4 is 11.0 Å². The van der Waals surface area contributed by atoms with Gasteiger partial charge in [-0.2, -0.15) is 10.4 Å². The maximum atomic E-state index is 11.1. The van der Waals surface area contributed by atoms with Crippen LogP contribution in [0, 0.1) is 11.3 Å². The molecule has 18 heavy (non-hydrogen) atoms. The minimum atomic E-state index is -0.221. The summed E-state index contributed by atoms with van der Waals surface area (Å²) in [5.41, 5.74) is 0.303. The molecule has 0 bridgehead atoms. The number of hydrogen-bond donors (Lipinski definition) is 2. The Balaban J connectivity index is 1.90. The van der Waals surface area contributed by atoms with Crippen molar-refractivity contribution in [3.05, 3.63) is 40.2 Å². The third-order valence-electron chi connectivity index (χ3n) is 2.52. The lowest BCUT2D eigenvalue weighted by Gasteiger charge is -2.04. The first kappa shape index (κ1) is 11.9. The molecule has 0 radical (unpaired) electrons. The number of pyridine rings is 1. The first-order chi connectivity index (χ1) is 8.70. The average Bonchev–Trinajstić information content (AvgIpc) is 2.71. The summed E-state index contributed by atoms with van der Waals surface area (Å²) in [6.07, 6.45) is 2.11. The minimum absolute atomic E-state index is 0.221. The van der Waals surface area contributed by atoms with Gasteiger partial charge in [-0.25, -0.2) is 14.9 Å². The molecular weight excluding hydrogens is 232 g/mol. The quantitative estimate of drug-likeness (QED) is 0.790. The SMILES string of the molecule is Cn1c(CCNc2ccc(C#N)cn2)n[nH]c1=O. The molecule has 92 valence electrons. The predicted molar refractivity (Wildman–Crippen MR) is 65.0 cm³/mol. The highest BCUT2D eigenvalue weighted by Gasteiger charge is 2.03. The number of hydrogen-bond acceptors (Lipinski definition) is 5. The van der Waals surface area contributed by atoms with Crippen LogP contribution in [0.4, 0.5) is 5.82 Å². The van der Waals surface area contributed by atoms with E-state index >= 15 is 0 Å². The second-order valence-corrected chi connectivity index (χ2v) is 3.72. The van der Waals surface area contributed by atoms with Crippen molar-refractivity contribution in [3.63, 3.8) is 0 Å². The lowest BCUT2D eigenvalue weighted by atomic mass is 10.3. The smallest absolute Gasteiger partial charge is 0.343 e. The average molecular weight is 244 g/mol. The molecule has 2 N–H and O–H groups in total. The third kappa shape index (κ3) is 2.55. The first-order valence-electron chi connectivity index (χ1n) is 5.41. The fraction of sp³-hybridized carbons (Fsp3) is 0.273. The Hall–Kier alpha value is -2.62. The molecule has 0 unspecified atom stereocenters. The van der Waals surface area contributed by atoms with Gasteiger partial charge in [-0.15, -0.1) is 0 Å². The monoisotopic (exact) mass is 244 g/mol. The highest BCUT2D eigenvalue weighted by molar-refractivity contribution is 5.38. The lowest BCUT2D eigenvalue weighted by Crippen LogP contribution is -2.16. The molecule has 2 rings (SSSR count). The van der Waals surface area contributed by atoms with Crippen LogP contribution in [0.5, 0.6) is 0 Å². The summed E-state index contributed by atoms with van der Waals surface area (Å²) in [6.45, 7) is 0.608. The van der Waals surface area contributed by atoms with Crippen LogP contribution in [-0.2, 0) is 13.5 Å². The van der Waals surface area contributed by atoms with Gasteiger partial charge in [-0.05, 0) is 12.1 Å². The second-order valence-electron chi connectivity index (χ2n) is 3.72. The van der Waals surface area contributed by atoms with Crippen LogP contribution in [0.2, 0.25) is 0 Å². The predicted octanol–water partition coefficient (Wildman–Crippen LogP) is 0.0297. The van der Waals surface area contributed by atoms with Crippen molar-refractivity contribution in [2.45, 2.75) is 6.42 Å². The summed E-state index contributed by atoms with van der Waals surface area (Å²) in [5, 5.41) is 18.0. The van der Waals surface area contributed by atoms with Crippen molar-refractivity contribution < 1.29 is 0 Å². The van der Waals surface area contributed by atoms with Gasteiger partial charge in [0.15, 0.2) is 0 Å². The number of nitrogens with one attached hydrogen (secondary N) is 2. The van der Waals surface area contributed by atoms with E-state index in [2.05, 4.69) is 20.5 Å². The van der Waals surface area contributed by atoms with Crippen LogP contribution in [0.25, 0.3) is 0 Å². The van der Waals surface area contributed by atoms with Gasteiger partial charge in [0.05, 0.1) is 5.56 Å². The summed E-state index contributed by atoms with van der Waals surface area (Å²) >= 11 is 0. The van der Waals surface area contributed by atoms with Crippen LogP contribution in [0.3, 0.4) is 0 Å². The summed E-state index contributed by atoms with van der Waals surface area (Å²) in [5.74, 6) is 1.37. The Bertz CT molecular complexity index is 618. The van der Waals surface area contributed by atoms with E-state index in [4.69, 9.17) is 5.26 Å². The molecule has 2 heterocycles. The number of aromatic amines is 1. The molecule has 0 atom stereocenters. The Morgan fingerprint density at radius 1 is 1.56 bits per heavy atom. The number of anilines is 1. The zero-order valence-electron chi connectivity index (χ0n) is 9.84. The van der Waals surface area contributed by atoms with Gasteiger partial charge in [0.25, 0.3) is 0 Å². The van der Waals surface area contributed by atoms with Crippen molar-refractivity contribution in [2.75, 3.05) is 11.9 Å². The van der Waals surface area contributed by atoms with Crippen molar-refractivity contribution in [3.8, 4) is 6.07 Å². The van der Waals surface area contributed by atoms with Gasteiger partial charge in [0.2, 0.25) is 0 Å². The van der Waals surface area contributed by atoms with Crippen molar-refractivity contribution >= 4 is 5.82 Å². The first-order valence-corrected chi connectivity index (χ1v) is 5.41. The van der Waals surface area contributed by atoms with Gasteiger partial charge in [-0.3, -0.25) is 4.57 Å². The van der Waals surface area contributed by atoms with Crippen molar-refractivity contribution in [1.82, 2.24) is 19.7 Å². The molecule has 0 saturated heterocycles. The van der Waals surface area contributed by atoms with Crippen LogP contribution >= 0.6 is 0 Å². The number of rotatable bonds is 4. The number of aromatic nitrogens is 4. The summed E-state index contributed by atoms with van der Waals surface area (Å²) in [6, 6.07) is 5.44. The zero-order valence-corrected chi connectivity index (χ0v) is 9.84. The number of nitrogens with zero attached hydrogens (tertiary/aromatic N) is 4. The maximum Gasteiger partial charge on any atom is 0.343 e. The van der Waals surface area contributed by atoms with Gasteiger partial charge >= 0.3 is 5.69 Å². The molecule has 0 aliphatic carbocycles. The highest BCUT2D eigenvalue weighted by atomic mass is 16.1. The Morgan fingerprint density at radius 3 is 2.94 bits per heavy atom. The van der Waals surface area contributed by atoms with E-state index < -0.39 is 0 Å². The fourth-order valence-corrected chi connectivity index (χ4v) is 1.47. The summed E-state index contributed by atoms with van der Waals surface area (Å²) in [4.78, 5) is 15.2. The third-order valence-corrected chi connectivity index (χ3v) is 2.52. The van der Waals surface area contributed by atoms with Crippen molar-refractivity contribution in [2.24, 2.45) is 7.05 Å². The van der Waals surface area contributed by atoms with Gasteiger partial charge < -0.3 is 5.32 Å². The van der Waals surface area contributed by atoms with E-state index in [-0.39, 0.29) is 5.69 Å². The molecule has 0 aliphatic rings. The second kappa shape index (κ2) is 5.14. The standard InChI is InChI=1S/C11H12N6O/c1-17-10(15-16-11(17)18)4-5-13-9-3-2-8(6-12)7-14-9/h2-3,7H,4-5H2,1H3,(H,13,14)(H,16,18). The summed E-state index contributed by atoms with van der Waals surface area (Å²) < 4.78 is 1.47. The molecule has 0 spiro atoms. The molecule has 2 aromatic heterocycles. The molecule has 0 saturated carbocycles. The Kier molecular flexibility index (Phi) is 3.38. The molecule has 0 amide bonds. The van der Waals surface area contributed by atoms with E-state index in [1.165, 1.54) is 10.8 Å². The number of H-pyrrole nitrogens is 1. The normalized spacial score (nSPS) is 10.0. The van der Waals surface area contributed by atoms with Gasteiger partial charge in [0.1, 0.15) is 17.7 Å². The fourth-order valence-electron chi connectivity index (χ4n) is 1.47.